The second-order valence-corrected chi connectivity index (χ2v) is 9.15. The van der Waals surface area contributed by atoms with Crippen LogP contribution in [0.3, 0.4) is 0 Å². The lowest BCUT2D eigenvalue weighted by Crippen LogP contribution is -1.99. The number of rotatable bonds is 7. The topological polar surface area (TPSA) is 35.5 Å². The molecule has 2 aromatic carbocycles. The minimum absolute atomic E-state index is 0.314. The summed E-state index contributed by atoms with van der Waals surface area (Å²) in [6.45, 7) is 4.41. The van der Waals surface area contributed by atoms with Crippen molar-refractivity contribution < 1.29 is 13.6 Å². The summed E-state index contributed by atoms with van der Waals surface area (Å²) < 4.78 is 24.7. The lowest BCUT2D eigenvalue weighted by Gasteiger charge is -2.16. The molecule has 0 spiro atoms. The fraction of sp³-hybridized carbons (Fsp3) is 0.333. The Bertz CT molecular complexity index is 688. The molecule has 0 radical (unpaired) electrons. The quantitative estimate of drug-likeness (QED) is 0.286. The smallest absolute Gasteiger partial charge is 0.309 e. The van der Waals surface area contributed by atoms with Crippen LogP contribution < -0.4 is 0 Å². The van der Waals surface area contributed by atoms with Crippen LogP contribution in [0.1, 0.15) is 25.0 Å². The maximum atomic E-state index is 12.2. The molecular weight excluding hydrogens is 490 g/mol. The Morgan fingerprint density at radius 2 is 1.40 bits per heavy atom. The number of hydrogen-bond acceptors (Lipinski definition) is 3. The average Bonchev–Trinajstić information content (AvgIpc) is 2.55. The summed E-state index contributed by atoms with van der Waals surface area (Å²) in [5.74, 6) is 0.583. The Hall–Kier alpha value is -0.160. The van der Waals surface area contributed by atoms with Gasteiger partial charge in [0.25, 0.3) is 0 Å². The molecule has 0 aliphatic carbocycles. The predicted molar refractivity (Wildman–Crippen MR) is 112 cm³/mol. The van der Waals surface area contributed by atoms with Crippen LogP contribution in [0.25, 0.3) is 0 Å². The van der Waals surface area contributed by atoms with Crippen molar-refractivity contribution in [2.45, 2.75) is 25.9 Å². The minimum Gasteiger partial charge on any atom is -0.309 e. The first-order chi connectivity index (χ1) is 11.9. The number of halogens is 3. The maximum absolute atomic E-state index is 12.2. The first-order valence-corrected chi connectivity index (χ1v) is 11.7. The molecule has 2 aromatic rings. The van der Waals surface area contributed by atoms with Crippen molar-refractivity contribution in [2.75, 3.05) is 13.2 Å². The first kappa shape index (κ1) is 22.9. The van der Waals surface area contributed by atoms with Gasteiger partial charge in [-0.05, 0) is 49.2 Å². The molecule has 138 valence electrons. The molecule has 7 heteroatoms. The summed E-state index contributed by atoms with van der Waals surface area (Å²) >= 11 is 12.3. The van der Waals surface area contributed by atoms with Crippen LogP contribution in [0.5, 0.6) is 0 Å². The summed E-state index contributed by atoms with van der Waals surface area (Å²) in [4.78, 5) is 0. The van der Waals surface area contributed by atoms with Crippen LogP contribution in [0.15, 0.2) is 57.5 Å². The lowest BCUT2D eigenvalue weighted by molar-refractivity contribution is 0.219. The van der Waals surface area contributed by atoms with Gasteiger partial charge in [0.15, 0.2) is 0 Å². The predicted octanol–water partition coefficient (Wildman–Crippen LogP) is 7.40. The van der Waals surface area contributed by atoms with Crippen molar-refractivity contribution in [1.29, 1.82) is 0 Å². The van der Waals surface area contributed by atoms with E-state index in [0.29, 0.717) is 25.3 Å². The third-order valence-electron chi connectivity index (χ3n) is 2.96. The number of hydrogen-bond donors (Lipinski definition) is 0. The third-order valence-corrected chi connectivity index (χ3v) is 6.31. The van der Waals surface area contributed by atoms with E-state index < -0.39 is 7.60 Å². The van der Waals surface area contributed by atoms with E-state index in [9.17, 15) is 4.57 Å². The highest BCUT2D eigenvalue weighted by Gasteiger charge is 2.23. The summed E-state index contributed by atoms with van der Waals surface area (Å²) in [6.07, 6.45) is 0.314. The van der Waals surface area contributed by atoms with Crippen LogP contribution in [0.2, 0.25) is 0 Å². The summed E-state index contributed by atoms with van der Waals surface area (Å²) in [7, 11) is -2.98. The summed E-state index contributed by atoms with van der Waals surface area (Å²) in [6, 6.07) is 15.6. The summed E-state index contributed by atoms with van der Waals surface area (Å²) in [5.41, 5.74) is 2.09. The zero-order chi connectivity index (χ0) is 18.7. The van der Waals surface area contributed by atoms with Gasteiger partial charge in [0.2, 0.25) is 0 Å². The molecule has 3 nitrogen and oxygen atoms in total. The Labute approximate surface area is 171 Å². The molecule has 0 amide bonds. The molecular formula is C18H22Br2ClO3P. The first-order valence-electron chi connectivity index (χ1n) is 7.85. The highest BCUT2D eigenvalue weighted by atomic mass is 79.9. The Morgan fingerprint density at radius 3 is 1.80 bits per heavy atom. The molecule has 0 aliphatic rings. The SMILES string of the molecule is CCOP(=O)(Cc1cccc(Br)c1)OCC.ClCc1cccc(Br)c1. The van der Waals surface area contributed by atoms with Crippen LogP contribution in [0.4, 0.5) is 0 Å². The summed E-state index contributed by atoms with van der Waals surface area (Å²) in [5, 5.41) is 0. The van der Waals surface area contributed by atoms with Gasteiger partial charge in [-0.1, -0.05) is 56.1 Å². The lowest BCUT2D eigenvalue weighted by atomic mass is 10.2. The van der Waals surface area contributed by atoms with Crippen molar-refractivity contribution in [3.05, 3.63) is 68.6 Å². The normalized spacial score (nSPS) is 10.9. The molecule has 0 bridgehead atoms. The van der Waals surface area contributed by atoms with Gasteiger partial charge in [0, 0.05) is 14.8 Å². The molecule has 25 heavy (non-hydrogen) atoms. The molecule has 0 saturated heterocycles. The monoisotopic (exact) mass is 510 g/mol. The second kappa shape index (κ2) is 12.3. The average molecular weight is 513 g/mol. The molecule has 0 saturated carbocycles. The van der Waals surface area contributed by atoms with Gasteiger partial charge in [-0.25, -0.2) is 0 Å². The number of alkyl halides is 1. The van der Waals surface area contributed by atoms with E-state index in [-0.39, 0.29) is 0 Å². The Balaban J connectivity index is 0.000000293. The van der Waals surface area contributed by atoms with Crippen LogP contribution in [-0.2, 0) is 25.7 Å². The molecule has 0 unspecified atom stereocenters. The van der Waals surface area contributed by atoms with Crippen molar-refractivity contribution in [3.8, 4) is 0 Å². The third kappa shape index (κ3) is 9.37. The van der Waals surface area contributed by atoms with E-state index in [4.69, 9.17) is 20.6 Å². The molecule has 0 aromatic heterocycles. The van der Waals surface area contributed by atoms with Crippen LogP contribution in [-0.4, -0.2) is 13.2 Å². The van der Waals surface area contributed by atoms with E-state index in [1.54, 1.807) is 0 Å². The molecule has 0 N–H and O–H groups in total. The fourth-order valence-corrected chi connectivity index (χ4v) is 4.75. The molecule has 0 heterocycles. The zero-order valence-corrected chi connectivity index (χ0v) is 19.1. The zero-order valence-electron chi connectivity index (χ0n) is 14.3. The Morgan fingerprint density at radius 1 is 0.920 bits per heavy atom. The standard InChI is InChI=1S/C11H16BrO3P.C7H6BrCl/c1-3-14-16(13,15-4-2)9-10-6-5-7-11(12)8-10;8-7-3-1-2-6(4-7)5-9/h5-8H,3-4,9H2,1-2H3;1-4H,5H2. The van der Waals surface area contributed by atoms with Gasteiger partial charge in [0.1, 0.15) is 0 Å². The van der Waals surface area contributed by atoms with E-state index >= 15 is 0 Å². The minimum atomic E-state index is -2.98. The second-order valence-electron chi connectivity index (χ2n) is 5.00. The van der Waals surface area contributed by atoms with Crippen molar-refractivity contribution in [1.82, 2.24) is 0 Å². The molecule has 2 rings (SSSR count). The highest BCUT2D eigenvalue weighted by molar-refractivity contribution is 9.10. The maximum Gasteiger partial charge on any atom is 0.335 e. The van der Waals surface area contributed by atoms with E-state index in [0.717, 1.165) is 20.1 Å². The van der Waals surface area contributed by atoms with Crippen molar-refractivity contribution >= 4 is 51.1 Å². The molecule has 0 fully saturated rings. The Kier molecular flexibility index (Phi) is 11.2. The van der Waals surface area contributed by atoms with Crippen molar-refractivity contribution in [2.24, 2.45) is 0 Å². The highest BCUT2D eigenvalue weighted by Crippen LogP contribution is 2.51. The fourth-order valence-electron chi connectivity index (χ4n) is 2.00. The van der Waals surface area contributed by atoms with E-state index in [1.807, 2.05) is 62.4 Å². The van der Waals surface area contributed by atoms with Gasteiger partial charge in [0.05, 0.1) is 19.4 Å². The van der Waals surface area contributed by atoms with Gasteiger partial charge >= 0.3 is 7.60 Å². The molecule has 0 atom stereocenters. The van der Waals surface area contributed by atoms with Gasteiger partial charge in [-0.2, -0.15) is 0 Å². The van der Waals surface area contributed by atoms with E-state index in [2.05, 4.69) is 31.9 Å². The van der Waals surface area contributed by atoms with Crippen LogP contribution >= 0.6 is 51.1 Å². The largest absolute Gasteiger partial charge is 0.335 e. The number of benzene rings is 2. The van der Waals surface area contributed by atoms with Gasteiger partial charge < -0.3 is 9.05 Å². The molecule has 0 aliphatic heterocycles. The van der Waals surface area contributed by atoms with Crippen LogP contribution in [0, 0.1) is 0 Å². The van der Waals surface area contributed by atoms with E-state index in [1.165, 1.54) is 0 Å². The van der Waals surface area contributed by atoms with Crippen molar-refractivity contribution in [3.63, 3.8) is 0 Å². The van der Waals surface area contributed by atoms with Gasteiger partial charge in [-0.3, -0.25) is 4.57 Å². The van der Waals surface area contributed by atoms with Gasteiger partial charge in [-0.15, -0.1) is 11.6 Å².